The van der Waals surface area contributed by atoms with Crippen LogP contribution in [0.25, 0.3) is 0 Å². The number of rotatable bonds is 4. The van der Waals surface area contributed by atoms with E-state index in [4.69, 9.17) is 5.73 Å². The monoisotopic (exact) mass is 416 g/mol. The second-order valence-corrected chi connectivity index (χ2v) is 7.55. The molecule has 2 aromatic carbocycles. The van der Waals surface area contributed by atoms with Crippen molar-refractivity contribution in [2.75, 3.05) is 31.1 Å². The van der Waals surface area contributed by atoms with Crippen LogP contribution in [0.1, 0.15) is 34.7 Å². The first-order chi connectivity index (χ1) is 13.5. The number of hydrogen-bond acceptors (Lipinski definition) is 5. The van der Waals surface area contributed by atoms with Gasteiger partial charge in [0.05, 0.1) is 4.92 Å². The van der Waals surface area contributed by atoms with Gasteiger partial charge in [0.2, 0.25) is 0 Å². The average Bonchev–Trinajstić information content (AvgIpc) is 3.37. The van der Waals surface area contributed by atoms with Gasteiger partial charge in [0.1, 0.15) is 5.69 Å². The third-order valence-electron chi connectivity index (χ3n) is 5.75. The van der Waals surface area contributed by atoms with Gasteiger partial charge in [0.25, 0.3) is 11.6 Å². The fourth-order valence-corrected chi connectivity index (χ4v) is 4.26. The molecule has 2 fully saturated rings. The highest BCUT2D eigenvalue weighted by Crippen LogP contribution is 2.33. The molecule has 2 aliphatic rings. The Labute approximate surface area is 176 Å². The molecule has 0 radical (unpaired) electrons. The summed E-state index contributed by atoms with van der Waals surface area (Å²) in [7, 11) is 0. The van der Waals surface area contributed by atoms with Crippen LogP contribution in [0, 0.1) is 10.1 Å². The highest BCUT2D eigenvalue weighted by Gasteiger charge is 2.35. The number of nitrogens with zero attached hydrogens (tertiary/aromatic N) is 3. The second-order valence-electron chi connectivity index (χ2n) is 7.55. The Morgan fingerprint density at radius 3 is 2.41 bits per heavy atom. The first-order valence-electron chi connectivity index (χ1n) is 9.68. The van der Waals surface area contributed by atoms with E-state index in [0.29, 0.717) is 24.3 Å². The van der Waals surface area contributed by atoms with Gasteiger partial charge in [-0.05, 0) is 30.5 Å². The van der Waals surface area contributed by atoms with Crippen LogP contribution in [0.15, 0.2) is 48.5 Å². The summed E-state index contributed by atoms with van der Waals surface area (Å²) in [5, 5.41) is 11.6. The molecule has 2 aromatic rings. The first-order valence-corrected chi connectivity index (χ1v) is 9.68. The van der Waals surface area contributed by atoms with Crippen LogP contribution >= 0.6 is 12.4 Å². The molecule has 4 rings (SSSR count). The van der Waals surface area contributed by atoms with Crippen molar-refractivity contribution in [1.29, 1.82) is 0 Å². The van der Waals surface area contributed by atoms with Crippen molar-refractivity contribution in [3.63, 3.8) is 0 Å². The van der Waals surface area contributed by atoms with Crippen LogP contribution in [-0.2, 0) is 0 Å². The van der Waals surface area contributed by atoms with E-state index in [9.17, 15) is 14.9 Å². The lowest BCUT2D eigenvalue weighted by molar-refractivity contribution is -0.384. The number of nitro groups is 1. The number of nitrogens with two attached hydrogens (primary N) is 1. The van der Waals surface area contributed by atoms with Crippen molar-refractivity contribution in [2.24, 2.45) is 5.73 Å². The molecule has 2 atom stereocenters. The number of benzene rings is 2. The molecule has 0 spiro atoms. The zero-order valence-corrected chi connectivity index (χ0v) is 16.9. The molecule has 0 bridgehead atoms. The van der Waals surface area contributed by atoms with Crippen molar-refractivity contribution in [3.05, 3.63) is 69.8 Å². The van der Waals surface area contributed by atoms with E-state index in [1.807, 2.05) is 35.2 Å². The number of halogens is 1. The molecular formula is C21H25ClN4O3. The van der Waals surface area contributed by atoms with E-state index < -0.39 is 4.92 Å². The van der Waals surface area contributed by atoms with Gasteiger partial charge in [0.15, 0.2) is 0 Å². The number of carbonyl (C=O) groups excluding carboxylic acids is 1. The van der Waals surface area contributed by atoms with Gasteiger partial charge in [-0.3, -0.25) is 14.9 Å². The van der Waals surface area contributed by atoms with Crippen molar-refractivity contribution < 1.29 is 9.72 Å². The maximum atomic E-state index is 13.0. The summed E-state index contributed by atoms with van der Waals surface area (Å²) in [6, 6.07) is 14.6. The lowest BCUT2D eigenvalue weighted by atomic mass is 9.95. The highest BCUT2D eigenvalue weighted by atomic mass is 35.5. The van der Waals surface area contributed by atoms with Crippen LogP contribution in [0.4, 0.5) is 11.4 Å². The minimum Gasteiger partial charge on any atom is -0.366 e. The molecule has 7 nitrogen and oxygen atoms in total. The highest BCUT2D eigenvalue weighted by molar-refractivity contribution is 5.96. The summed E-state index contributed by atoms with van der Waals surface area (Å²) in [5.74, 6) is -0.131. The predicted octanol–water partition coefficient (Wildman–Crippen LogP) is 3.18. The van der Waals surface area contributed by atoms with E-state index in [-0.39, 0.29) is 36.0 Å². The maximum absolute atomic E-state index is 13.0. The van der Waals surface area contributed by atoms with Gasteiger partial charge in [-0.15, -0.1) is 12.4 Å². The van der Waals surface area contributed by atoms with Crippen molar-refractivity contribution in [1.82, 2.24) is 4.90 Å². The zero-order valence-electron chi connectivity index (χ0n) is 16.1. The SMILES string of the molecule is Cl.N[C@@H]1CN(C(=O)c2ccc(N3CCCC3)c([N+](=O)[O-])c2)C[C@H]1c1ccccc1. The summed E-state index contributed by atoms with van der Waals surface area (Å²) >= 11 is 0. The predicted molar refractivity (Wildman–Crippen MR) is 115 cm³/mol. The van der Waals surface area contributed by atoms with Gasteiger partial charge in [-0.2, -0.15) is 0 Å². The molecule has 2 heterocycles. The summed E-state index contributed by atoms with van der Waals surface area (Å²) < 4.78 is 0. The number of anilines is 1. The molecule has 2 saturated heterocycles. The molecule has 8 heteroatoms. The molecular weight excluding hydrogens is 392 g/mol. The fraction of sp³-hybridized carbons (Fsp3) is 0.381. The number of carbonyl (C=O) groups is 1. The Hall–Kier alpha value is -2.64. The minimum atomic E-state index is -0.396. The molecule has 0 aromatic heterocycles. The van der Waals surface area contributed by atoms with E-state index in [0.717, 1.165) is 31.5 Å². The van der Waals surface area contributed by atoms with Crippen LogP contribution in [-0.4, -0.2) is 48.0 Å². The van der Waals surface area contributed by atoms with Crippen molar-refractivity contribution in [3.8, 4) is 0 Å². The van der Waals surface area contributed by atoms with E-state index >= 15 is 0 Å². The normalized spacial score (nSPS) is 21.1. The van der Waals surface area contributed by atoms with Gasteiger partial charge in [0, 0.05) is 49.8 Å². The lowest BCUT2D eigenvalue weighted by Crippen LogP contribution is -2.32. The Balaban J connectivity index is 0.00000240. The molecule has 1 amide bonds. The number of likely N-dealkylation sites (tertiary alicyclic amines) is 1. The Morgan fingerprint density at radius 1 is 1.07 bits per heavy atom. The molecule has 0 saturated carbocycles. The van der Waals surface area contributed by atoms with Gasteiger partial charge in [-0.1, -0.05) is 30.3 Å². The Kier molecular flexibility index (Phi) is 6.39. The van der Waals surface area contributed by atoms with E-state index in [1.54, 1.807) is 17.0 Å². The molecule has 154 valence electrons. The molecule has 0 unspecified atom stereocenters. The number of amides is 1. The molecule has 0 aliphatic carbocycles. The third-order valence-corrected chi connectivity index (χ3v) is 5.75. The second kappa shape index (κ2) is 8.80. The van der Waals surface area contributed by atoms with Crippen LogP contribution in [0.5, 0.6) is 0 Å². The quantitative estimate of drug-likeness (QED) is 0.610. The lowest BCUT2D eigenvalue weighted by Gasteiger charge is -2.19. The van der Waals surface area contributed by atoms with Crippen molar-refractivity contribution in [2.45, 2.75) is 24.8 Å². The first kappa shape index (κ1) is 21.1. The molecule has 2 N–H and O–H groups in total. The standard InChI is InChI=1S/C21H24N4O3.ClH/c22-18-14-24(13-17(18)15-6-2-1-3-7-15)21(26)16-8-9-19(20(12-16)25(27)28)23-10-4-5-11-23;/h1-3,6-9,12,17-18H,4-5,10-11,13-14,22H2;1H/t17-,18+;/m0./s1. The minimum absolute atomic E-state index is 0. The summed E-state index contributed by atoms with van der Waals surface area (Å²) in [6.45, 7) is 2.59. The van der Waals surface area contributed by atoms with Gasteiger partial charge < -0.3 is 15.5 Å². The van der Waals surface area contributed by atoms with E-state index in [1.165, 1.54) is 6.07 Å². The van der Waals surface area contributed by atoms with E-state index in [2.05, 4.69) is 0 Å². The Morgan fingerprint density at radius 2 is 1.76 bits per heavy atom. The number of nitro benzene ring substituents is 1. The smallest absolute Gasteiger partial charge is 0.293 e. The topological polar surface area (TPSA) is 92.7 Å². The Bertz CT molecular complexity index is 887. The summed E-state index contributed by atoms with van der Waals surface area (Å²) in [4.78, 5) is 27.9. The van der Waals surface area contributed by atoms with Gasteiger partial charge in [-0.25, -0.2) is 0 Å². The molecule has 2 aliphatic heterocycles. The van der Waals surface area contributed by atoms with Crippen LogP contribution in [0.3, 0.4) is 0 Å². The molecule has 29 heavy (non-hydrogen) atoms. The summed E-state index contributed by atoms with van der Waals surface area (Å²) in [5.41, 5.74) is 8.34. The van der Waals surface area contributed by atoms with Crippen LogP contribution < -0.4 is 10.6 Å². The van der Waals surface area contributed by atoms with Gasteiger partial charge >= 0.3 is 0 Å². The number of hydrogen-bond donors (Lipinski definition) is 1. The largest absolute Gasteiger partial charge is 0.366 e. The average molecular weight is 417 g/mol. The van der Waals surface area contributed by atoms with Crippen molar-refractivity contribution >= 4 is 29.7 Å². The third kappa shape index (κ3) is 4.21. The zero-order chi connectivity index (χ0) is 19.7. The fourth-order valence-electron chi connectivity index (χ4n) is 4.26. The maximum Gasteiger partial charge on any atom is 0.293 e. The summed E-state index contributed by atoms with van der Waals surface area (Å²) in [6.07, 6.45) is 2.06. The van der Waals surface area contributed by atoms with Crippen LogP contribution in [0.2, 0.25) is 0 Å².